The molecule has 5 fully saturated rings. The molecule has 0 unspecified atom stereocenters. The highest BCUT2D eigenvalue weighted by atomic mass is 16.1. The monoisotopic (exact) mass is 426 g/mol. The predicted molar refractivity (Wildman–Crippen MR) is 130 cm³/mol. The quantitative estimate of drug-likeness (QED) is 0.384. The summed E-state index contributed by atoms with van der Waals surface area (Å²) in [6.45, 7) is 18.1. The van der Waals surface area contributed by atoms with Crippen LogP contribution in [0.1, 0.15) is 126 Å². The Morgan fingerprint density at radius 3 is 2.03 bits per heavy atom. The van der Waals surface area contributed by atoms with Gasteiger partial charge in [0.25, 0.3) is 0 Å². The van der Waals surface area contributed by atoms with E-state index in [-0.39, 0.29) is 5.41 Å². The van der Waals surface area contributed by atoms with Gasteiger partial charge in [0.2, 0.25) is 0 Å². The van der Waals surface area contributed by atoms with Crippen LogP contribution in [-0.2, 0) is 4.79 Å². The number of aldehydes is 1. The number of rotatable bonds is 1. The second kappa shape index (κ2) is 6.63. The number of hydrogen-bond donors (Lipinski definition) is 0. The molecular formula is C30H50O. The van der Waals surface area contributed by atoms with E-state index in [2.05, 4.69) is 48.5 Å². The van der Waals surface area contributed by atoms with E-state index in [1.807, 2.05) is 0 Å². The van der Waals surface area contributed by atoms with Crippen molar-refractivity contribution in [3.05, 3.63) is 0 Å². The first-order valence-electron chi connectivity index (χ1n) is 13.8. The Morgan fingerprint density at radius 2 is 1.32 bits per heavy atom. The first-order chi connectivity index (χ1) is 14.4. The zero-order chi connectivity index (χ0) is 22.5. The van der Waals surface area contributed by atoms with Crippen molar-refractivity contribution in [2.24, 2.45) is 56.2 Å². The molecule has 0 aromatic heterocycles. The van der Waals surface area contributed by atoms with Gasteiger partial charge in [0.05, 0.1) is 0 Å². The van der Waals surface area contributed by atoms with Crippen molar-refractivity contribution < 1.29 is 4.79 Å². The van der Waals surface area contributed by atoms with Crippen molar-refractivity contribution in [3.8, 4) is 0 Å². The van der Waals surface area contributed by atoms with Crippen molar-refractivity contribution >= 4 is 6.29 Å². The Hall–Kier alpha value is -0.330. The standard InChI is InChI=1S/C30H50O/c1-21-9-8-10-22-27(21,5)12-11-23-28(6)16-15-26(4)14-13-25(2,3)19-24(26)29(28,7)17-18-30(22,23)20-31/h20-24H,8-19H2,1-7H3/t21-,22+,23+,24+,26+,27+,28+,29-,30+/m0/s1. The molecule has 1 heteroatoms. The van der Waals surface area contributed by atoms with E-state index in [1.165, 1.54) is 77.0 Å². The van der Waals surface area contributed by atoms with Gasteiger partial charge >= 0.3 is 0 Å². The van der Waals surface area contributed by atoms with Crippen LogP contribution < -0.4 is 0 Å². The highest BCUT2D eigenvalue weighted by molar-refractivity contribution is 5.62. The fraction of sp³-hybridized carbons (Fsp3) is 0.967. The molecule has 0 heterocycles. The van der Waals surface area contributed by atoms with Gasteiger partial charge in [-0.2, -0.15) is 0 Å². The molecule has 0 amide bonds. The molecule has 31 heavy (non-hydrogen) atoms. The lowest BCUT2D eigenvalue weighted by Gasteiger charge is -2.74. The van der Waals surface area contributed by atoms with Gasteiger partial charge in [-0.05, 0) is 115 Å². The van der Waals surface area contributed by atoms with Gasteiger partial charge < -0.3 is 4.79 Å². The zero-order valence-corrected chi connectivity index (χ0v) is 21.8. The summed E-state index contributed by atoms with van der Waals surface area (Å²) >= 11 is 0. The predicted octanol–water partition coefficient (Wildman–Crippen LogP) is 8.46. The highest BCUT2D eigenvalue weighted by Gasteiger charge is 2.71. The van der Waals surface area contributed by atoms with E-state index in [0.717, 1.165) is 11.8 Å². The number of fused-ring (bicyclic) bond motifs is 7. The normalized spacial score (nSPS) is 58.3. The van der Waals surface area contributed by atoms with Crippen LogP contribution in [0.25, 0.3) is 0 Å². The van der Waals surface area contributed by atoms with E-state index < -0.39 is 0 Å². The summed E-state index contributed by atoms with van der Waals surface area (Å²) in [5.74, 6) is 2.83. The second-order valence-corrected chi connectivity index (χ2v) is 15.1. The third kappa shape index (κ3) is 2.70. The van der Waals surface area contributed by atoms with Crippen LogP contribution in [0.5, 0.6) is 0 Å². The highest BCUT2D eigenvalue weighted by Crippen LogP contribution is 2.78. The molecule has 0 saturated heterocycles. The maximum Gasteiger partial charge on any atom is 0.126 e. The molecule has 0 radical (unpaired) electrons. The number of carbonyl (C=O) groups excluding carboxylic acids is 1. The molecular weight excluding hydrogens is 376 g/mol. The lowest BCUT2D eigenvalue weighted by atomic mass is 9.30. The van der Waals surface area contributed by atoms with Crippen molar-refractivity contribution in [1.29, 1.82) is 0 Å². The largest absolute Gasteiger partial charge is 0.303 e. The fourth-order valence-electron chi connectivity index (χ4n) is 11.1. The third-order valence-corrected chi connectivity index (χ3v) is 13.6. The minimum absolute atomic E-state index is 0.0478. The smallest absolute Gasteiger partial charge is 0.126 e. The zero-order valence-electron chi connectivity index (χ0n) is 21.8. The van der Waals surface area contributed by atoms with Crippen LogP contribution in [0, 0.1) is 56.2 Å². The van der Waals surface area contributed by atoms with Crippen LogP contribution in [-0.4, -0.2) is 6.29 Å². The summed E-state index contributed by atoms with van der Waals surface area (Å²) in [4.78, 5) is 13.2. The van der Waals surface area contributed by atoms with Gasteiger partial charge in [-0.15, -0.1) is 0 Å². The third-order valence-electron chi connectivity index (χ3n) is 13.6. The fourth-order valence-corrected chi connectivity index (χ4v) is 11.1. The molecule has 5 saturated carbocycles. The van der Waals surface area contributed by atoms with E-state index in [4.69, 9.17) is 0 Å². The average molecular weight is 427 g/mol. The maximum atomic E-state index is 13.2. The van der Waals surface area contributed by atoms with Crippen LogP contribution in [0.4, 0.5) is 0 Å². The van der Waals surface area contributed by atoms with Gasteiger partial charge in [0.1, 0.15) is 6.29 Å². The average Bonchev–Trinajstić information content (AvgIpc) is 2.72. The minimum Gasteiger partial charge on any atom is -0.303 e. The molecule has 176 valence electrons. The van der Waals surface area contributed by atoms with E-state index in [9.17, 15) is 4.79 Å². The van der Waals surface area contributed by atoms with Crippen molar-refractivity contribution in [2.45, 2.75) is 126 Å². The first-order valence-corrected chi connectivity index (χ1v) is 13.8. The number of carbonyl (C=O) groups is 1. The Balaban J connectivity index is 1.58. The molecule has 0 aromatic carbocycles. The Kier molecular flexibility index (Phi) is 4.80. The number of hydrogen-bond acceptors (Lipinski definition) is 1. The molecule has 5 aliphatic rings. The van der Waals surface area contributed by atoms with Crippen LogP contribution in [0.15, 0.2) is 0 Å². The molecule has 5 rings (SSSR count). The summed E-state index contributed by atoms with van der Waals surface area (Å²) in [7, 11) is 0. The van der Waals surface area contributed by atoms with Crippen LogP contribution in [0.2, 0.25) is 0 Å². The lowest BCUT2D eigenvalue weighted by molar-refractivity contribution is -0.252. The summed E-state index contributed by atoms with van der Waals surface area (Å²) < 4.78 is 0. The molecule has 0 spiro atoms. The van der Waals surface area contributed by atoms with Gasteiger partial charge in [-0.1, -0.05) is 61.3 Å². The molecule has 1 nitrogen and oxygen atoms in total. The summed E-state index contributed by atoms with van der Waals surface area (Å²) in [5, 5.41) is 0. The van der Waals surface area contributed by atoms with Gasteiger partial charge in [0, 0.05) is 5.41 Å². The Bertz CT molecular complexity index is 754. The Labute approximate surface area is 192 Å². The Morgan fingerprint density at radius 1 is 0.677 bits per heavy atom. The van der Waals surface area contributed by atoms with Crippen LogP contribution >= 0.6 is 0 Å². The van der Waals surface area contributed by atoms with Gasteiger partial charge in [-0.3, -0.25) is 0 Å². The first kappa shape index (κ1) is 22.5. The summed E-state index contributed by atoms with van der Waals surface area (Å²) in [6.07, 6.45) is 17.6. The second-order valence-electron chi connectivity index (χ2n) is 15.1. The van der Waals surface area contributed by atoms with Crippen LogP contribution in [0.3, 0.4) is 0 Å². The van der Waals surface area contributed by atoms with Crippen molar-refractivity contribution in [3.63, 3.8) is 0 Å². The maximum absolute atomic E-state index is 13.2. The molecule has 9 atom stereocenters. The van der Waals surface area contributed by atoms with Crippen molar-refractivity contribution in [2.75, 3.05) is 0 Å². The van der Waals surface area contributed by atoms with Gasteiger partial charge in [-0.25, -0.2) is 0 Å². The molecule has 0 N–H and O–H groups in total. The summed E-state index contributed by atoms with van der Waals surface area (Å²) in [5.41, 5.74) is 2.06. The topological polar surface area (TPSA) is 17.1 Å². The van der Waals surface area contributed by atoms with Gasteiger partial charge in [0.15, 0.2) is 0 Å². The molecule has 5 aliphatic carbocycles. The molecule has 0 aromatic rings. The minimum atomic E-state index is -0.0478. The molecule has 0 bridgehead atoms. The van der Waals surface area contributed by atoms with E-state index >= 15 is 0 Å². The molecule has 0 aliphatic heterocycles. The van der Waals surface area contributed by atoms with E-state index in [0.29, 0.717) is 38.9 Å². The lowest BCUT2D eigenvalue weighted by Crippen LogP contribution is -2.68. The SMILES string of the molecule is C[C@H]1CCC[C@@H]2[C@]1(C)CC[C@H]1[C@@]2(C=O)CC[C@@]2(C)[C@@H]3CC(C)(C)CC[C@]3(C)CC[C@]12C. The van der Waals surface area contributed by atoms with Crippen molar-refractivity contribution in [1.82, 2.24) is 0 Å². The van der Waals surface area contributed by atoms with E-state index in [1.54, 1.807) is 6.29 Å². The summed E-state index contributed by atoms with van der Waals surface area (Å²) in [6, 6.07) is 0.